The second kappa shape index (κ2) is 10.6. The number of ether oxygens (including phenoxy) is 2. The van der Waals surface area contributed by atoms with Gasteiger partial charge in [0.15, 0.2) is 11.5 Å². The highest BCUT2D eigenvalue weighted by Gasteiger charge is 2.28. The minimum absolute atomic E-state index is 0.319. The summed E-state index contributed by atoms with van der Waals surface area (Å²) < 4.78 is 11.5. The van der Waals surface area contributed by atoms with Crippen molar-refractivity contribution < 1.29 is 19.5 Å². The Bertz CT molecular complexity index is 1070. The third kappa shape index (κ3) is 5.37. The van der Waals surface area contributed by atoms with Crippen LogP contribution in [0.15, 0.2) is 42.3 Å². The van der Waals surface area contributed by atoms with Crippen LogP contribution in [0.5, 0.6) is 11.5 Å². The molecule has 0 saturated carbocycles. The number of nitrogens with zero attached hydrogens (tertiary/aromatic N) is 2. The number of terminal acetylenes is 1. The number of benzene rings is 1. The van der Waals surface area contributed by atoms with Gasteiger partial charge in [0.05, 0.1) is 24.8 Å². The summed E-state index contributed by atoms with van der Waals surface area (Å²) in [6.07, 6.45) is 16.7. The number of carbonyl (C=O) groups is 1. The van der Waals surface area contributed by atoms with Crippen molar-refractivity contribution in [3.05, 3.63) is 42.3 Å². The molecule has 1 aliphatic carbocycles. The van der Waals surface area contributed by atoms with Crippen molar-refractivity contribution in [2.75, 3.05) is 19.0 Å². The number of methoxy groups -OCH3 is 1. The second-order valence-corrected chi connectivity index (χ2v) is 7.70. The topological polar surface area (TPSA) is 106 Å². The molecule has 1 amide bonds. The number of fused-ring (bicyclic) bond motifs is 1. The maximum atomic E-state index is 11.0. The molecule has 168 valence electrons. The number of rotatable bonds is 11. The normalized spacial score (nSPS) is 17.0. The second-order valence-electron chi connectivity index (χ2n) is 7.70. The molecule has 8 heteroatoms. The van der Waals surface area contributed by atoms with E-state index in [-0.39, 0.29) is 5.91 Å². The van der Waals surface area contributed by atoms with E-state index in [0.29, 0.717) is 30.3 Å². The molecule has 0 fully saturated rings. The Morgan fingerprint density at radius 1 is 1.22 bits per heavy atom. The molecule has 3 rings (SSSR count). The van der Waals surface area contributed by atoms with Gasteiger partial charge in [0.25, 0.3) is 0 Å². The van der Waals surface area contributed by atoms with Crippen LogP contribution in [0.3, 0.4) is 0 Å². The Morgan fingerprint density at radius 3 is 2.78 bits per heavy atom. The Kier molecular flexibility index (Phi) is 7.68. The highest BCUT2D eigenvalue weighted by Crippen LogP contribution is 2.36. The lowest BCUT2D eigenvalue weighted by Gasteiger charge is -2.26. The van der Waals surface area contributed by atoms with Gasteiger partial charge in [-0.25, -0.2) is 15.4 Å². The smallest absolute Gasteiger partial charge is 0.243 e. The molecule has 0 radical (unpaired) electrons. The van der Waals surface area contributed by atoms with E-state index in [2.05, 4.69) is 21.2 Å². The summed E-state index contributed by atoms with van der Waals surface area (Å²) in [6, 6.07) is 3.71. The predicted octanol–water partition coefficient (Wildman–Crippen LogP) is 3.77. The minimum atomic E-state index is -0.518. The van der Waals surface area contributed by atoms with E-state index < -0.39 is 5.54 Å². The summed E-state index contributed by atoms with van der Waals surface area (Å²) in [4.78, 5) is 19.8. The van der Waals surface area contributed by atoms with Crippen LogP contribution in [0.25, 0.3) is 10.9 Å². The van der Waals surface area contributed by atoms with Crippen LogP contribution in [0.4, 0.5) is 5.82 Å². The van der Waals surface area contributed by atoms with Crippen LogP contribution >= 0.6 is 0 Å². The van der Waals surface area contributed by atoms with Crippen molar-refractivity contribution in [3.8, 4) is 23.8 Å². The van der Waals surface area contributed by atoms with Crippen molar-refractivity contribution >= 4 is 22.6 Å². The van der Waals surface area contributed by atoms with E-state index in [1.165, 1.54) is 6.33 Å². The Balaban J connectivity index is 1.67. The molecule has 1 unspecified atom stereocenters. The summed E-state index contributed by atoms with van der Waals surface area (Å²) >= 11 is 0. The number of nitrogens with one attached hydrogen (secondary N) is 2. The van der Waals surface area contributed by atoms with E-state index in [0.717, 1.165) is 42.2 Å². The number of unbranched alkanes of at least 4 members (excludes halogenated alkanes) is 3. The molecule has 32 heavy (non-hydrogen) atoms. The number of allylic oxidation sites excluding steroid dienone is 2. The summed E-state index contributed by atoms with van der Waals surface area (Å²) in [7, 11) is 1.59. The van der Waals surface area contributed by atoms with Crippen LogP contribution in [0.2, 0.25) is 0 Å². The number of carbonyl (C=O) groups excluding carboxylic acids is 1. The standard InChI is InChI=1S/C24H28N4O4/c1-4-17-10-9-12-24(17,2)27-23-18-14-20(31-3)21(15-19(18)25-16-26-23)32-13-8-6-5-7-11-22(29)28-30/h1,9-10,12,14-16,30H,5-8,11,13H2,2-3H3,(H,28,29)(H,25,26,27). The monoisotopic (exact) mass is 436 g/mol. The first-order valence-electron chi connectivity index (χ1n) is 10.5. The number of hydrogen-bond donors (Lipinski definition) is 3. The summed E-state index contributed by atoms with van der Waals surface area (Å²) in [5.41, 5.74) is 2.68. The summed E-state index contributed by atoms with van der Waals surface area (Å²) in [5.74, 6) is 4.22. The number of hydrogen-bond acceptors (Lipinski definition) is 7. The number of anilines is 1. The summed E-state index contributed by atoms with van der Waals surface area (Å²) in [6.45, 7) is 2.52. The molecule has 1 aromatic heterocycles. The lowest BCUT2D eigenvalue weighted by molar-refractivity contribution is -0.129. The average molecular weight is 437 g/mol. The number of amides is 1. The van der Waals surface area contributed by atoms with Gasteiger partial charge in [0, 0.05) is 23.4 Å². The SMILES string of the molecule is C#CC1=CC=CC1(C)Nc1ncnc2cc(OCCCCCCC(=O)NO)c(OC)cc12. The van der Waals surface area contributed by atoms with Crippen LogP contribution in [-0.2, 0) is 4.79 Å². The molecule has 3 N–H and O–H groups in total. The molecule has 0 bridgehead atoms. The molecule has 0 spiro atoms. The first-order chi connectivity index (χ1) is 15.5. The largest absolute Gasteiger partial charge is 0.493 e. The average Bonchev–Trinajstić information content (AvgIpc) is 3.17. The van der Waals surface area contributed by atoms with Crippen LogP contribution < -0.4 is 20.3 Å². The molecule has 0 aliphatic heterocycles. The first-order valence-corrected chi connectivity index (χ1v) is 10.5. The zero-order valence-electron chi connectivity index (χ0n) is 18.4. The molecule has 1 aliphatic rings. The quantitative estimate of drug-likeness (QED) is 0.213. The third-order valence-corrected chi connectivity index (χ3v) is 5.39. The Labute approximate surface area is 187 Å². The van der Waals surface area contributed by atoms with Crippen molar-refractivity contribution in [2.45, 2.75) is 44.6 Å². The fraction of sp³-hybridized carbons (Fsp3) is 0.375. The molecule has 1 atom stereocenters. The van der Waals surface area contributed by atoms with Gasteiger partial charge in [-0.1, -0.05) is 30.9 Å². The predicted molar refractivity (Wildman–Crippen MR) is 123 cm³/mol. The van der Waals surface area contributed by atoms with Gasteiger partial charge in [-0.3, -0.25) is 10.0 Å². The number of hydroxylamine groups is 1. The van der Waals surface area contributed by atoms with E-state index in [1.807, 2.05) is 37.3 Å². The van der Waals surface area contributed by atoms with Crippen molar-refractivity contribution in [1.82, 2.24) is 15.4 Å². The number of aromatic nitrogens is 2. The van der Waals surface area contributed by atoms with Gasteiger partial charge in [-0.15, -0.1) is 6.42 Å². The molecule has 0 saturated heterocycles. The lowest BCUT2D eigenvalue weighted by Crippen LogP contribution is -2.33. The van der Waals surface area contributed by atoms with E-state index in [1.54, 1.807) is 12.6 Å². The lowest BCUT2D eigenvalue weighted by atomic mass is 9.95. The van der Waals surface area contributed by atoms with Crippen molar-refractivity contribution in [3.63, 3.8) is 0 Å². The molecular weight excluding hydrogens is 408 g/mol. The van der Waals surface area contributed by atoms with Gasteiger partial charge < -0.3 is 14.8 Å². The minimum Gasteiger partial charge on any atom is -0.493 e. The highest BCUT2D eigenvalue weighted by molar-refractivity contribution is 5.92. The van der Waals surface area contributed by atoms with Crippen LogP contribution in [0.1, 0.15) is 39.0 Å². The molecule has 1 heterocycles. The zero-order chi connectivity index (χ0) is 23.0. The van der Waals surface area contributed by atoms with Gasteiger partial charge in [0.1, 0.15) is 12.1 Å². The van der Waals surface area contributed by atoms with Crippen LogP contribution in [0, 0.1) is 12.3 Å². The Morgan fingerprint density at radius 2 is 2.03 bits per heavy atom. The maximum Gasteiger partial charge on any atom is 0.243 e. The van der Waals surface area contributed by atoms with Crippen LogP contribution in [-0.4, -0.2) is 40.3 Å². The molecular formula is C24H28N4O4. The zero-order valence-corrected chi connectivity index (χ0v) is 18.4. The third-order valence-electron chi connectivity index (χ3n) is 5.39. The van der Waals surface area contributed by atoms with Crippen molar-refractivity contribution in [1.29, 1.82) is 0 Å². The Hall–Kier alpha value is -3.57. The van der Waals surface area contributed by atoms with Gasteiger partial charge in [0.2, 0.25) is 5.91 Å². The van der Waals surface area contributed by atoms with E-state index in [9.17, 15) is 4.79 Å². The fourth-order valence-corrected chi connectivity index (χ4v) is 3.57. The molecule has 8 nitrogen and oxygen atoms in total. The highest BCUT2D eigenvalue weighted by atomic mass is 16.5. The van der Waals surface area contributed by atoms with Gasteiger partial charge in [-0.05, 0) is 31.9 Å². The fourth-order valence-electron chi connectivity index (χ4n) is 3.57. The molecule has 2 aromatic rings. The van der Waals surface area contributed by atoms with Crippen molar-refractivity contribution in [2.24, 2.45) is 0 Å². The summed E-state index contributed by atoms with van der Waals surface area (Å²) in [5, 5.41) is 12.7. The van der Waals surface area contributed by atoms with Gasteiger partial charge >= 0.3 is 0 Å². The first kappa shape index (κ1) is 23.1. The molecule has 1 aromatic carbocycles. The maximum absolute atomic E-state index is 11.0. The van der Waals surface area contributed by atoms with E-state index in [4.69, 9.17) is 21.1 Å². The van der Waals surface area contributed by atoms with Gasteiger partial charge in [-0.2, -0.15) is 0 Å². The van der Waals surface area contributed by atoms with E-state index >= 15 is 0 Å².